The first-order chi connectivity index (χ1) is 13.3. The summed E-state index contributed by atoms with van der Waals surface area (Å²) in [4.78, 5) is 24.4. The van der Waals surface area contributed by atoms with Crippen LogP contribution in [0, 0.1) is 5.82 Å². The maximum atomic E-state index is 14.5. The van der Waals surface area contributed by atoms with E-state index in [2.05, 4.69) is 19.7 Å². The summed E-state index contributed by atoms with van der Waals surface area (Å²) in [7, 11) is 0. The smallest absolute Gasteiger partial charge is 0.288 e. The number of allylic oxidation sites excluding steroid dienone is 1. The van der Waals surface area contributed by atoms with Crippen molar-refractivity contribution in [2.45, 2.75) is 25.8 Å². The fourth-order valence-electron chi connectivity index (χ4n) is 2.95. The monoisotopic (exact) mass is 388 g/mol. The van der Waals surface area contributed by atoms with Crippen LogP contribution in [-0.4, -0.2) is 28.6 Å². The van der Waals surface area contributed by atoms with Gasteiger partial charge >= 0.3 is 0 Å². The highest BCUT2D eigenvalue weighted by Gasteiger charge is 2.31. The maximum absolute atomic E-state index is 14.5. The number of Topliss-reactive ketones (excluding diaryl/α,β-unsaturated/α-hetero) is 1. The summed E-state index contributed by atoms with van der Waals surface area (Å²) in [5.41, 5.74) is 5.55. The van der Waals surface area contributed by atoms with Gasteiger partial charge in [-0.05, 0) is 37.6 Å². The quantitative estimate of drug-likeness (QED) is 0.764. The highest BCUT2D eigenvalue weighted by molar-refractivity contribution is 5.95. The predicted octanol–water partition coefficient (Wildman–Crippen LogP) is 2.81. The maximum Gasteiger partial charge on any atom is 0.288 e. The summed E-state index contributed by atoms with van der Waals surface area (Å²) in [5.74, 6) is -0.327. The second-order valence-corrected chi connectivity index (χ2v) is 6.36. The Labute approximate surface area is 159 Å². The number of halogens is 2. The van der Waals surface area contributed by atoms with E-state index in [1.54, 1.807) is 26.0 Å². The Kier molecular flexibility index (Phi) is 5.34. The SMILES string of the molecule is CC1=C[C@@](C)(c2cc(CC(=O)c3cnc(OCF)cn3)ccc2F)N=C(N)O1. The number of benzene rings is 1. The number of rotatable bonds is 6. The summed E-state index contributed by atoms with van der Waals surface area (Å²) in [6.07, 6.45) is 3.99. The zero-order valence-electron chi connectivity index (χ0n) is 15.3. The molecule has 7 nitrogen and oxygen atoms in total. The third-order valence-corrected chi connectivity index (χ3v) is 4.15. The molecule has 28 heavy (non-hydrogen) atoms. The Morgan fingerprint density at radius 3 is 2.75 bits per heavy atom. The number of aliphatic imine (C=N–C) groups is 1. The molecule has 1 aromatic carbocycles. The van der Waals surface area contributed by atoms with Crippen LogP contribution in [0.1, 0.15) is 35.5 Å². The molecule has 0 aliphatic carbocycles. The molecule has 2 N–H and O–H groups in total. The number of nitrogens with two attached hydrogens (primary N) is 1. The minimum Gasteiger partial charge on any atom is -0.445 e. The van der Waals surface area contributed by atoms with Crippen molar-refractivity contribution in [3.05, 3.63) is 65.1 Å². The summed E-state index contributed by atoms with van der Waals surface area (Å²) >= 11 is 0. The van der Waals surface area contributed by atoms with Gasteiger partial charge in [-0.2, -0.15) is 0 Å². The number of alkyl halides is 1. The van der Waals surface area contributed by atoms with Gasteiger partial charge in [0.15, 0.2) is 5.78 Å². The van der Waals surface area contributed by atoms with Crippen LogP contribution in [0.3, 0.4) is 0 Å². The number of ether oxygens (including phenoxy) is 2. The lowest BCUT2D eigenvalue weighted by Gasteiger charge is -2.27. The minimum absolute atomic E-state index is 0.0202. The average molecular weight is 388 g/mol. The lowest BCUT2D eigenvalue weighted by molar-refractivity contribution is 0.0987. The molecular formula is C19H18F2N4O3. The van der Waals surface area contributed by atoms with E-state index in [0.717, 1.165) is 6.20 Å². The van der Waals surface area contributed by atoms with Gasteiger partial charge in [0.25, 0.3) is 6.02 Å². The fourth-order valence-corrected chi connectivity index (χ4v) is 2.95. The van der Waals surface area contributed by atoms with Crippen LogP contribution in [0.5, 0.6) is 5.88 Å². The number of nitrogens with zero attached hydrogens (tertiary/aromatic N) is 3. The van der Waals surface area contributed by atoms with E-state index in [9.17, 15) is 13.6 Å². The second-order valence-electron chi connectivity index (χ2n) is 6.36. The van der Waals surface area contributed by atoms with Gasteiger partial charge in [0.1, 0.15) is 22.8 Å². The molecule has 1 aliphatic rings. The minimum atomic E-state index is -1.05. The molecule has 0 fully saturated rings. The normalized spacial score (nSPS) is 18.7. The summed E-state index contributed by atoms with van der Waals surface area (Å²) < 4.78 is 36.3. The van der Waals surface area contributed by atoms with Crippen molar-refractivity contribution in [3.8, 4) is 5.88 Å². The fraction of sp³-hybridized carbons (Fsp3) is 0.263. The van der Waals surface area contributed by atoms with Gasteiger partial charge in [0, 0.05) is 12.0 Å². The number of hydrogen-bond donors (Lipinski definition) is 1. The summed E-state index contributed by atoms with van der Waals surface area (Å²) in [6, 6.07) is 4.29. The molecule has 1 atom stereocenters. The van der Waals surface area contributed by atoms with E-state index in [4.69, 9.17) is 10.5 Å². The van der Waals surface area contributed by atoms with E-state index in [-0.39, 0.29) is 35.4 Å². The highest BCUT2D eigenvalue weighted by Crippen LogP contribution is 2.34. The Hall–Kier alpha value is -3.36. The van der Waals surface area contributed by atoms with Gasteiger partial charge in [-0.3, -0.25) is 4.79 Å². The van der Waals surface area contributed by atoms with Crippen LogP contribution in [0.15, 0.2) is 47.4 Å². The number of carbonyl (C=O) groups excluding carboxylic acids is 1. The molecular weight excluding hydrogens is 370 g/mol. The lowest BCUT2D eigenvalue weighted by Crippen LogP contribution is -2.30. The molecule has 0 bridgehead atoms. The van der Waals surface area contributed by atoms with Crippen molar-refractivity contribution in [2.75, 3.05) is 6.86 Å². The van der Waals surface area contributed by atoms with Gasteiger partial charge in [-0.15, -0.1) is 0 Å². The Morgan fingerprint density at radius 2 is 2.11 bits per heavy atom. The number of carbonyl (C=O) groups is 1. The van der Waals surface area contributed by atoms with Crippen molar-refractivity contribution in [1.29, 1.82) is 0 Å². The zero-order chi connectivity index (χ0) is 20.3. The standard InChI is InChI=1S/C19H18F2N4O3/c1-11-7-19(2,25-18(22)28-11)13-5-12(3-4-14(13)21)6-16(26)15-8-24-17(9-23-15)27-10-20/h3-5,7-9H,6,10H2,1-2H3,(H2,22,25)/t19-/m0/s1. The molecule has 0 saturated carbocycles. The van der Waals surface area contributed by atoms with Crippen molar-refractivity contribution in [1.82, 2.24) is 9.97 Å². The molecule has 2 aromatic rings. The first-order valence-corrected chi connectivity index (χ1v) is 8.36. The molecule has 0 spiro atoms. The number of hydrogen-bond acceptors (Lipinski definition) is 7. The Morgan fingerprint density at radius 1 is 1.32 bits per heavy atom. The van der Waals surface area contributed by atoms with Gasteiger partial charge < -0.3 is 15.2 Å². The van der Waals surface area contributed by atoms with Gasteiger partial charge in [-0.1, -0.05) is 6.07 Å². The number of aromatic nitrogens is 2. The molecule has 0 saturated heterocycles. The van der Waals surface area contributed by atoms with Crippen molar-refractivity contribution < 1.29 is 23.0 Å². The van der Waals surface area contributed by atoms with Crippen LogP contribution < -0.4 is 10.5 Å². The van der Waals surface area contributed by atoms with Crippen LogP contribution in [0.25, 0.3) is 0 Å². The summed E-state index contributed by atoms with van der Waals surface area (Å²) in [5, 5.41) is 0. The first kappa shape index (κ1) is 19.4. The molecule has 0 unspecified atom stereocenters. The first-order valence-electron chi connectivity index (χ1n) is 8.36. The third kappa shape index (κ3) is 4.13. The highest BCUT2D eigenvalue weighted by atomic mass is 19.1. The average Bonchev–Trinajstić information content (AvgIpc) is 2.63. The molecule has 3 rings (SSSR count). The molecule has 146 valence electrons. The Balaban J connectivity index is 1.85. The number of ketones is 1. The lowest BCUT2D eigenvalue weighted by atomic mass is 9.89. The molecule has 2 heterocycles. The van der Waals surface area contributed by atoms with Gasteiger partial charge in [0.05, 0.1) is 12.4 Å². The third-order valence-electron chi connectivity index (χ3n) is 4.15. The molecule has 9 heteroatoms. The molecule has 1 aliphatic heterocycles. The molecule has 0 radical (unpaired) electrons. The van der Waals surface area contributed by atoms with Crippen LogP contribution in [-0.2, 0) is 16.7 Å². The van der Waals surface area contributed by atoms with Crippen LogP contribution >= 0.6 is 0 Å². The zero-order valence-corrected chi connectivity index (χ0v) is 15.3. The van der Waals surface area contributed by atoms with Gasteiger partial charge in [0.2, 0.25) is 12.7 Å². The van der Waals surface area contributed by atoms with E-state index in [0.29, 0.717) is 11.3 Å². The predicted molar refractivity (Wildman–Crippen MR) is 96.9 cm³/mol. The molecule has 1 aromatic heterocycles. The summed E-state index contributed by atoms with van der Waals surface area (Å²) in [6.45, 7) is 2.36. The second kappa shape index (κ2) is 7.71. The van der Waals surface area contributed by atoms with E-state index < -0.39 is 18.2 Å². The number of amidine groups is 1. The van der Waals surface area contributed by atoms with Gasteiger partial charge in [-0.25, -0.2) is 23.7 Å². The van der Waals surface area contributed by atoms with Crippen molar-refractivity contribution in [2.24, 2.45) is 10.7 Å². The van der Waals surface area contributed by atoms with E-state index >= 15 is 0 Å². The topological polar surface area (TPSA) is 99.7 Å². The largest absolute Gasteiger partial charge is 0.445 e. The van der Waals surface area contributed by atoms with Crippen molar-refractivity contribution in [3.63, 3.8) is 0 Å². The molecule has 0 amide bonds. The Bertz CT molecular complexity index is 940. The van der Waals surface area contributed by atoms with E-state index in [1.807, 2.05) is 0 Å². The van der Waals surface area contributed by atoms with Crippen molar-refractivity contribution >= 4 is 11.8 Å². The van der Waals surface area contributed by atoms with Crippen LogP contribution in [0.4, 0.5) is 8.78 Å². The van der Waals surface area contributed by atoms with Crippen LogP contribution in [0.2, 0.25) is 0 Å². The van der Waals surface area contributed by atoms with E-state index in [1.165, 1.54) is 18.3 Å².